The number of carbonyl (C=O) groups is 2. The fraction of sp³-hybridized carbons (Fsp3) is 0.176. The maximum atomic E-state index is 10.2. The van der Waals surface area contributed by atoms with E-state index in [1.165, 1.54) is 12.1 Å². The van der Waals surface area contributed by atoms with Crippen LogP contribution in [-0.4, -0.2) is 32.4 Å². The van der Waals surface area contributed by atoms with E-state index >= 15 is 0 Å². The highest BCUT2D eigenvalue weighted by Gasteiger charge is 1.99. The third-order valence-electron chi connectivity index (χ3n) is 2.86. The monoisotopic (exact) mass is 318 g/mol. The minimum atomic E-state index is -0.865. The molecule has 2 aromatic carbocycles. The molecule has 0 fully saturated rings. The second-order valence-corrected chi connectivity index (χ2v) is 4.80. The van der Waals surface area contributed by atoms with Crippen molar-refractivity contribution in [3.8, 4) is 11.5 Å². The molecule has 0 atom stereocenters. The number of carboxylic acids is 2. The minimum Gasteiger partial charge on any atom is -0.508 e. The lowest BCUT2D eigenvalue weighted by Crippen LogP contribution is -1.98. The van der Waals surface area contributed by atoms with E-state index in [0.717, 1.165) is 5.56 Å². The summed E-state index contributed by atoms with van der Waals surface area (Å²) in [5, 5.41) is 34.5. The van der Waals surface area contributed by atoms with Crippen molar-refractivity contribution in [3.63, 3.8) is 0 Å². The minimum absolute atomic E-state index is 0.000278. The smallest absolute Gasteiger partial charge is 0.307 e. The molecule has 0 unspecified atom stereocenters. The van der Waals surface area contributed by atoms with Crippen molar-refractivity contribution in [2.75, 3.05) is 0 Å². The standard InChI is InChI=1S/C9H10O3.C8H8O3/c10-8-4-1-7(2-5-8)3-6-9(11)12;9-7-3-1-6(2-4-7)5-8(10)11/h1-2,4-5,10H,3,6H2,(H,11,12);1-4,9H,5H2,(H,10,11). The first-order chi connectivity index (χ1) is 10.9. The summed E-state index contributed by atoms with van der Waals surface area (Å²) in [6.07, 6.45) is 0.640. The van der Waals surface area contributed by atoms with Crippen molar-refractivity contribution in [2.24, 2.45) is 0 Å². The number of aromatic hydroxyl groups is 2. The summed E-state index contributed by atoms with van der Waals surface area (Å²) in [6.45, 7) is 0. The highest BCUT2D eigenvalue weighted by atomic mass is 16.4. The first kappa shape index (κ1) is 18.0. The number of benzene rings is 2. The zero-order valence-corrected chi connectivity index (χ0v) is 12.3. The van der Waals surface area contributed by atoms with E-state index in [1.54, 1.807) is 36.4 Å². The third kappa shape index (κ3) is 8.11. The lowest BCUT2D eigenvalue weighted by atomic mass is 10.1. The average Bonchev–Trinajstić information content (AvgIpc) is 2.49. The van der Waals surface area contributed by atoms with E-state index in [1.807, 2.05) is 0 Å². The van der Waals surface area contributed by atoms with Crippen LogP contribution in [0, 0.1) is 0 Å². The summed E-state index contributed by atoms with van der Waals surface area (Å²) in [6, 6.07) is 12.7. The van der Waals surface area contributed by atoms with Crippen LogP contribution in [0.3, 0.4) is 0 Å². The molecule has 0 aliphatic heterocycles. The normalized spacial score (nSPS) is 9.57. The van der Waals surface area contributed by atoms with Crippen molar-refractivity contribution in [3.05, 3.63) is 59.7 Å². The van der Waals surface area contributed by atoms with Gasteiger partial charge in [0.1, 0.15) is 11.5 Å². The van der Waals surface area contributed by atoms with Crippen LogP contribution >= 0.6 is 0 Å². The van der Waals surface area contributed by atoms with Crippen LogP contribution in [0.1, 0.15) is 17.5 Å². The Morgan fingerprint density at radius 1 is 0.696 bits per heavy atom. The Kier molecular flexibility index (Phi) is 7.13. The predicted octanol–water partition coefficient (Wildman–Crippen LogP) is 2.43. The van der Waals surface area contributed by atoms with Gasteiger partial charge in [-0.3, -0.25) is 9.59 Å². The summed E-state index contributed by atoms with van der Waals surface area (Å²) in [5.41, 5.74) is 1.62. The molecule has 23 heavy (non-hydrogen) atoms. The number of phenols is 2. The maximum absolute atomic E-state index is 10.2. The SMILES string of the molecule is O=C(O)CCc1ccc(O)cc1.O=C(O)Cc1ccc(O)cc1. The Morgan fingerprint density at radius 2 is 1.13 bits per heavy atom. The van der Waals surface area contributed by atoms with Gasteiger partial charge in [-0.05, 0) is 41.8 Å². The summed E-state index contributed by atoms with van der Waals surface area (Å²) in [5.74, 6) is -1.31. The lowest BCUT2D eigenvalue weighted by Gasteiger charge is -1.97. The molecule has 122 valence electrons. The van der Waals surface area contributed by atoms with Gasteiger partial charge in [0.2, 0.25) is 0 Å². The largest absolute Gasteiger partial charge is 0.508 e. The van der Waals surface area contributed by atoms with E-state index in [2.05, 4.69) is 0 Å². The molecular weight excluding hydrogens is 300 g/mol. The lowest BCUT2D eigenvalue weighted by molar-refractivity contribution is -0.137. The summed E-state index contributed by atoms with van der Waals surface area (Å²) in [7, 11) is 0. The molecule has 0 aliphatic carbocycles. The second kappa shape index (κ2) is 9.09. The molecule has 0 amide bonds. The molecule has 0 radical (unpaired) electrons. The molecule has 0 aromatic heterocycles. The fourth-order valence-corrected chi connectivity index (χ4v) is 1.70. The second-order valence-electron chi connectivity index (χ2n) is 4.80. The Hall–Kier alpha value is -3.02. The van der Waals surface area contributed by atoms with Gasteiger partial charge in [0.25, 0.3) is 0 Å². The van der Waals surface area contributed by atoms with Crippen LogP contribution in [-0.2, 0) is 22.4 Å². The predicted molar refractivity (Wildman–Crippen MR) is 83.5 cm³/mol. The summed E-state index contributed by atoms with van der Waals surface area (Å²) >= 11 is 0. The molecule has 0 heterocycles. The third-order valence-corrected chi connectivity index (χ3v) is 2.86. The van der Waals surface area contributed by atoms with Crippen molar-refractivity contribution in [2.45, 2.75) is 19.3 Å². The van der Waals surface area contributed by atoms with E-state index in [0.29, 0.717) is 12.0 Å². The van der Waals surface area contributed by atoms with Crippen LogP contribution < -0.4 is 0 Å². The highest BCUT2D eigenvalue weighted by Crippen LogP contribution is 2.11. The first-order valence-corrected chi connectivity index (χ1v) is 6.86. The van der Waals surface area contributed by atoms with Gasteiger partial charge in [-0.25, -0.2) is 0 Å². The number of rotatable bonds is 5. The molecule has 6 nitrogen and oxygen atoms in total. The number of aliphatic carboxylic acids is 2. The molecule has 0 spiro atoms. The number of aryl methyl sites for hydroxylation is 1. The Bertz CT molecular complexity index is 631. The molecule has 0 bridgehead atoms. The Morgan fingerprint density at radius 3 is 1.52 bits per heavy atom. The molecule has 6 heteroatoms. The van der Waals surface area contributed by atoms with Crippen LogP contribution in [0.15, 0.2) is 48.5 Å². The molecule has 2 aromatic rings. The van der Waals surface area contributed by atoms with Gasteiger partial charge in [-0.2, -0.15) is 0 Å². The zero-order valence-electron chi connectivity index (χ0n) is 12.3. The zero-order chi connectivity index (χ0) is 17.2. The number of hydrogen-bond donors (Lipinski definition) is 4. The van der Waals surface area contributed by atoms with Crippen LogP contribution in [0.4, 0.5) is 0 Å². The van der Waals surface area contributed by atoms with Crippen LogP contribution in [0.5, 0.6) is 11.5 Å². The summed E-state index contributed by atoms with van der Waals surface area (Å²) in [4.78, 5) is 20.4. The fourth-order valence-electron chi connectivity index (χ4n) is 1.70. The van der Waals surface area contributed by atoms with Gasteiger partial charge in [0.15, 0.2) is 0 Å². The van der Waals surface area contributed by atoms with Crippen molar-refractivity contribution in [1.29, 1.82) is 0 Å². The first-order valence-electron chi connectivity index (χ1n) is 6.86. The van der Waals surface area contributed by atoms with Gasteiger partial charge < -0.3 is 20.4 Å². The van der Waals surface area contributed by atoms with E-state index in [4.69, 9.17) is 20.4 Å². The van der Waals surface area contributed by atoms with Crippen molar-refractivity contribution >= 4 is 11.9 Å². The van der Waals surface area contributed by atoms with E-state index in [-0.39, 0.29) is 24.3 Å². The average molecular weight is 318 g/mol. The van der Waals surface area contributed by atoms with Crippen LogP contribution in [0.25, 0.3) is 0 Å². The van der Waals surface area contributed by atoms with Crippen molar-refractivity contribution in [1.82, 2.24) is 0 Å². The van der Waals surface area contributed by atoms with Gasteiger partial charge in [0.05, 0.1) is 6.42 Å². The molecule has 0 saturated heterocycles. The Labute approximate surface area is 133 Å². The van der Waals surface area contributed by atoms with Gasteiger partial charge in [-0.1, -0.05) is 24.3 Å². The molecule has 0 saturated carbocycles. The highest BCUT2D eigenvalue weighted by molar-refractivity contribution is 5.70. The number of hydrogen-bond acceptors (Lipinski definition) is 4. The molecule has 2 rings (SSSR count). The van der Waals surface area contributed by atoms with Gasteiger partial charge in [-0.15, -0.1) is 0 Å². The van der Waals surface area contributed by atoms with Gasteiger partial charge in [0, 0.05) is 6.42 Å². The quantitative estimate of drug-likeness (QED) is 0.673. The maximum Gasteiger partial charge on any atom is 0.307 e. The van der Waals surface area contributed by atoms with E-state index in [9.17, 15) is 9.59 Å². The molecular formula is C17H18O6. The number of carboxylic acid groups (broad SMARTS) is 2. The van der Waals surface area contributed by atoms with Crippen molar-refractivity contribution < 1.29 is 30.0 Å². The van der Waals surface area contributed by atoms with E-state index < -0.39 is 11.9 Å². The number of phenolic OH excluding ortho intramolecular Hbond substituents is 2. The topological polar surface area (TPSA) is 115 Å². The molecule has 0 aliphatic rings. The van der Waals surface area contributed by atoms with Gasteiger partial charge >= 0.3 is 11.9 Å². The summed E-state index contributed by atoms with van der Waals surface area (Å²) < 4.78 is 0. The van der Waals surface area contributed by atoms with Crippen LogP contribution in [0.2, 0.25) is 0 Å². The molecule has 4 N–H and O–H groups in total. The Balaban J connectivity index is 0.000000231.